The first kappa shape index (κ1) is 29.9. The lowest BCUT2D eigenvalue weighted by Gasteiger charge is -2.12. The average molecular weight is 617 g/mol. The van der Waals surface area contributed by atoms with Crippen LogP contribution in [0.1, 0.15) is 20.7 Å². The van der Waals surface area contributed by atoms with Crippen molar-refractivity contribution < 1.29 is 9.59 Å². The van der Waals surface area contributed by atoms with Gasteiger partial charge in [0.2, 0.25) is 0 Å². The second-order valence-electron chi connectivity index (χ2n) is 9.53. The summed E-state index contributed by atoms with van der Waals surface area (Å²) in [6.45, 7) is 0. The van der Waals surface area contributed by atoms with Crippen LogP contribution in [0.2, 0.25) is 0 Å². The van der Waals surface area contributed by atoms with Gasteiger partial charge in [-0.05, 0) is 121 Å². The summed E-state index contributed by atoms with van der Waals surface area (Å²) in [5, 5.41) is 18.2. The molecule has 10 heteroatoms. The zero-order valence-corrected chi connectivity index (χ0v) is 25.0. The van der Waals surface area contributed by atoms with E-state index in [2.05, 4.69) is 31.9 Å². The van der Waals surface area contributed by atoms with Crippen LogP contribution in [0.3, 0.4) is 0 Å². The Balaban J connectivity index is 1.07. The number of carbonyl (C=O) groups is 2. The van der Waals surface area contributed by atoms with Crippen LogP contribution in [-0.2, 0) is 0 Å². The Labute approximate surface area is 265 Å². The standard InChI is InChI=1S/C34H28N6O2S2/c41-31(39-33(43)37-29-19-15-27(16-20-29)35-25-7-3-1-4-8-25)23-11-13-24(14-12-23)32(42)40-34(44)38-30-21-17-28(18-22-30)36-26-9-5-2-6-10-26/h1-22,35-36H,(H2,37,39,41,43)(H2,38,40,42,44). The fourth-order valence-electron chi connectivity index (χ4n) is 4.10. The monoisotopic (exact) mass is 616 g/mol. The summed E-state index contributed by atoms with van der Waals surface area (Å²) < 4.78 is 0. The molecule has 2 amide bonds. The molecule has 0 atom stereocenters. The highest BCUT2D eigenvalue weighted by molar-refractivity contribution is 7.80. The third kappa shape index (κ3) is 8.71. The number of hydrogen-bond donors (Lipinski definition) is 6. The van der Waals surface area contributed by atoms with E-state index in [1.54, 1.807) is 24.3 Å². The number of anilines is 6. The van der Waals surface area contributed by atoms with Gasteiger partial charge in [-0.3, -0.25) is 20.2 Å². The normalized spacial score (nSPS) is 10.2. The Morgan fingerprint density at radius 3 is 1.02 bits per heavy atom. The van der Waals surface area contributed by atoms with Crippen molar-refractivity contribution in [2.24, 2.45) is 0 Å². The van der Waals surface area contributed by atoms with Crippen molar-refractivity contribution in [3.8, 4) is 0 Å². The minimum atomic E-state index is -0.404. The maximum absolute atomic E-state index is 12.7. The summed E-state index contributed by atoms with van der Waals surface area (Å²) in [4.78, 5) is 25.4. The molecular weight excluding hydrogens is 589 g/mol. The Morgan fingerprint density at radius 1 is 0.386 bits per heavy atom. The molecule has 0 radical (unpaired) electrons. The van der Waals surface area contributed by atoms with E-state index >= 15 is 0 Å². The highest BCUT2D eigenvalue weighted by Gasteiger charge is 2.12. The van der Waals surface area contributed by atoms with Gasteiger partial charge in [-0.2, -0.15) is 0 Å². The van der Waals surface area contributed by atoms with Crippen LogP contribution in [0, 0.1) is 0 Å². The topological polar surface area (TPSA) is 106 Å². The molecule has 8 nitrogen and oxygen atoms in total. The van der Waals surface area contributed by atoms with E-state index < -0.39 is 11.8 Å². The highest BCUT2D eigenvalue weighted by Crippen LogP contribution is 2.20. The number of rotatable bonds is 8. The Morgan fingerprint density at radius 2 is 0.682 bits per heavy atom. The molecule has 0 fully saturated rings. The molecule has 5 rings (SSSR count). The molecule has 0 saturated heterocycles. The first-order chi connectivity index (χ1) is 21.4. The summed E-state index contributed by atoms with van der Waals surface area (Å²) >= 11 is 10.6. The van der Waals surface area contributed by atoms with E-state index in [0.717, 1.165) is 34.1 Å². The zero-order chi connectivity index (χ0) is 30.7. The number of nitrogens with one attached hydrogen (secondary N) is 6. The molecule has 0 spiro atoms. The molecule has 0 unspecified atom stereocenters. The van der Waals surface area contributed by atoms with Crippen LogP contribution in [0.5, 0.6) is 0 Å². The van der Waals surface area contributed by atoms with E-state index in [1.807, 2.05) is 109 Å². The summed E-state index contributed by atoms with van der Waals surface area (Å²) in [5.74, 6) is -0.807. The van der Waals surface area contributed by atoms with Gasteiger partial charge in [0.15, 0.2) is 10.2 Å². The molecule has 0 aromatic heterocycles. The molecule has 5 aromatic rings. The molecule has 218 valence electrons. The van der Waals surface area contributed by atoms with Crippen molar-refractivity contribution in [3.63, 3.8) is 0 Å². The van der Waals surface area contributed by atoms with Gasteiger partial charge in [0.05, 0.1) is 0 Å². The quantitative estimate of drug-likeness (QED) is 0.100. The van der Waals surface area contributed by atoms with Gasteiger partial charge in [0.25, 0.3) is 11.8 Å². The molecule has 0 aliphatic rings. The van der Waals surface area contributed by atoms with Crippen molar-refractivity contribution in [2.45, 2.75) is 0 Å². The van der Waals surface area contributed by atoms with E-state index in [1.165, 1.54) is 0 Å². The number of thiocarbonyl (C=S) groups is 2. The lowest BCUT2D eigenvalue weighted by Crippen LogP contribution is -2.35. The van der Waals surface area contributed by atoms with Crippen molar-refractivity contribution in [3.05, 3.63) is 145 Å². The van der Waals surface area contributed by atoms with E-state index in [4.69, 9.17) is 24.4 Å². The van der Waals surface area contributed by atoms with Gasteiger partial charge in [0.1, 0.15) is 0 Å². The lowest BCUT2D eigenvalue weighted by molar-refractivity contribution is 0.0965. The Bertz CT molecular complexity index is 1610. The van der Waals surface area contributed by atoms with Crippen LogP contribution in [0.15, 0.2) is 133 Å². The first-order valence-corrected chi connectivity index (χ1v) is 14.4. The number of amides is 2. The van der Waals surface area contributed by atoms with Gasteiger partial charge < -0.3 is 21.3 Å². The fourth-order valence-corrected chi connectivity index (χ4v) is 4.52. The van der Waals surface area contributed by atoms with Crippen LogP contribution >= 0.6 is 24.4 Å². The molecule has 0 bridgehead atoms. The summed E-state index contributed by atoms with van der Waals surface area (Å²) in [6.07, 6.45) is 0. The summed E-state index contributed by atoms with van der Waals surface area (Å²) in [6, 6.07) is 40.9. The van der Waals surface area contributed by atoms with E-state index in [-0.39, 0.29) is 10.2 Å². The number of benzene rings is 5. The van der Waals surface area contributed by atoms with Crippen molar-refractivity contribution in [1.29, 1.82) is 0 Å². The fraction of sp³-hybridized carbons (Fsp3) is 0. The third-order valence-corrected chi connectivity index (χ3v) is 6.68. The average Bonchev–Trinajstić information content (AvgIpc) is 3.04. The highest BCUT2D eigenvalue weighted by atomic mass is 32.1. The maximum Gasteiger partial charge on any atom is 0.257 e. The SMILES string of the molecule is O=C(NC(=S)Nc1ccc(Nc2ccccc2)cc1)c1ccc(C(=O)NC(=S)Nc2ccc(Nc3ccccc3)cc2)cc1. The maximum atomic E-state index is 12.7. The van der Waals surface area contributed by atoms with E-state index in [9.17, 15) is 9.59 Å². The largest absolute Gasteiger partial charge is 0.356 e. The van der Waals surface area contributed by atoms with Gasteiger partial charge in [-0.25, -0.2) is 0 Å². The van der Waals surface area contributed by atoms with Gasteiger partial charge >= 0.3 is 0 Å². The van der Waals surface area contributed by atoms with Crippen LogP contribution in [-0.4, -0.2) is 22.0 Å². The smallest absolute Gasteiger partial charge is 0.257 e. The number of para-hydroxylation sites is 2. The summed E-state index contributed by atoms with van der Waals surface area (Å²) in [5.41, 5.74) is 5.95. The predicted octanol–water partition coefficient (Wildman–Crippen LogP) is 7.43. The molecule has 0 saturated carbocycles. The second kappa shape index (κ2) is 14.5. The first-order valence-electron chi connectivity index (χ1n) is 13.6. The summed E-state index contributed by atoms with van der Waals surface area (Å²) in [7, 11) is 0. The predicted molar refractivity (Wildman–Crippen MR) is 186 cm³/mol. The van der Waals surface area contributed by atoms with Crippen LogP contribution in [0.4, 0.5) is 34.1 Å². The molecule has 0 aliphatic heterocycles. The molecule has 5 aromatic carbocycles. The second-order valence-corrected chi connectivity index (χ2v) is 10.3. The van der Waals surface area contributed by atoms with Gasteiger partial charge in [-0.1, -0.05) is 36.4 Å². The third-order valence-electron chi connectivity index (χ3n) is 6.27. The molecule has 44 heavy (non-hydrogen) atoms. The van der Waals surface area contributed by atoms with Crippen LogP contribution < -0.4 is 31.9 Å². The Kier molecular flexibility index (Phi) is 9.88. The lowest BCUT2D eigenvalue weighted by atomic mass is 10.1. The molecule has 0 aliphatic carbocycles. The Hall–Kier alpha value is -5.58. The minimum Gasteiger partial charge on any atom is -0.356 e. The van der Waals surface area contributed by atoms with Gasteiger partial charge in [0, 0.05) is 45.3 Å². The zero-order valence-electron chi connectivity index (χ0n) is 23.3. The van der Waals surface area contributed by atoms with Crippen LogP contribution in [0.25, 0.3) is 0 Å². The van der Waals surface area contributed by atoms with Crippen molar-refractivity contribution >= 4 is 80.6 Å². The molecular formula is C34H28N6O2S2. The minimum absolute atomic E-state index is 0.154. The van der Waals surface area contributed by atoms with Gasteiger partial charge in [-0.15, -0.1) is 0 Å². The molecule has 0 heterocycles. The number of carbonyl (C=O) groups excluding carboxylic acids is 2. The number of hydrogen-bond acceptors (Lipinski definition) is 6. The van der Waals surface area contributed by atoms with E-state index in [0.29, 0.717) is 11.1 Å². The molecule has 6 N–H and O–H groups in total. The van der Waals surface area contributed by atoms with Crippen molar-refractivity contribution in [1.82, 2.24) is 10.6 Å². The van der Waals surface area contributed by atoms with Crippen molar-refractivity contribution in [2.75, 3.05) is 21.3 Å².